The highest BCUT2D eigenvalue weighted by atomic mass is 15.1. The molecule has 62 valence electrons. The van der Waals surface area contributed by atoms with Crippen LogP contribution in [0, 0.1) is 11.8 Å². The van der Waals surface area contributed by atoms with Crippen LogP contribution in [-0.4, -0.2) is 5.54 Å². The topological polar surface area (TPSA) is 12.0 Å². The summed E-state index contributed by atoms with van der Waals surface area (Å²) >= 11 is 0. The second-order valence-corrected chi connectivity index (χ2v) is 4.49. The minimum atomic E-state index is 0.520. The molecule has 1 nitrogen and oxygen atoms in total. The van der Waals surface area contributed by atoms with E-state index in [1.807, 2.05) is 0 Å². The Balaban J connectivity index is 2.08. The second-order valence-electron chi connectivity index (χ2n) is 4.49. The molecule has 1 saturated heterocycles. The first kappa shape index (κ1) is 7.20. The van der Waals surface area contributed by atoms with Crippen LogP contribution in [0.5, 0.6) is 0 Å². The minimum Gasteiger partial charge on any atom is -0.383 e. The van der Waals surface area contributed by atoms with Gasteiger partial charge in [0.15, 0.2) is 0 Å². The lowest BCUT2D eigenvalue weighted by molar-refractivity contribution is 0.433. The SMILES string of the molecule is C=C1NC2(CC2)CC1C(C)C. The molecule has 1 heterocycles. The van der Waals surface area contributed by atoms with Crippen LogP contribution in [0.25, 0.3) is 0 Å². The van der Waals surface area contributed by atoms with Crippen LogP contribution in [0.2, 0.25) is 0 Å². The van der Waals surface area contributed by atoms with Crippen LogP contribution in [0.3, 0.4) is 0 Å². The van der Waals surface area contributed by atoms with Gasteiger partial charge >= 0.3 is 0 Å². The largest absolute Gasteiger partial charge is 0.383 e. The van der Waals surface area contributed by atoms with E-state index in [-0.39, 0.29) is 0 Å². The molecule has 0 aromatic carbocycles. The lowest BCUT2D eigenvalue weighted by Gasteiger charge is -2.13. The van der Waals surface area contributed by atoms with E-state index in [0.29, 0.717) is 5.54 Å². The Morgan fingerprint density at radius 1 is 1.55 bits per heavy atom. The quantitative estimate of drug-likeness (QED) is 0.606. The van der Waals surface area contributed by atoms with E-state index in [9.17, 15) is 0 Å². The van der Waals surface area contributed by atoms with Crippen LogP contribution >= 0.6 is 0 Å². The van der Waals surface area contributed by atoms with Gasteiger partial charge in [-0.25, -0.2) is 0 Å². The van der Waals surface area contributed by atoms with Gasteiger partial charge in [0.05, 0.1) is 0 Å². The fourth-order valence-electron chi connectivity index (χ4n) is 2.15. The van der Waals surface area contributed by atoms with Crippen molar-refractivity contribution in [3.63, 3.8) is 0 Å². The third kappa shape index (κ3) is 1.07. The molecular weight excluding hydrogens is 134 g/mol. The van der Waals surface area contributed by atoms with Gasteiger partial charge in [-0.2, -0.15) is 0 Å². The predicted molar refractivity (Wildman–Crippen MR) is 47.2 cm³/mol. The number of nitrogens with one attached hydrogen (secondary N) is 1. The first-order valence-electron chi connectivity index (χ1n) is 4.60. The highest BCUT2D eigenvalue weighted by Gasteiger charge is 2.50. The van der Waals surface area contributed by atoms with Gasteiger partial charge in [0.1, 0.15) is 0 Å². The molecule has 1 unspecified atom stereocenters. The molecule has 2 rings (SSSR count). The molecule has 2 fully saturated rings. The second kappa shape index (κ2) is 2.02. The fourth-order valence-corrected chi connectivity index (χ4v) is 2.15. The van der Waals surface area contributed by atoms with Gasteiger partial charge in [0.25, 0.3) is 0 Å². The molecule has 0 radical (unpaired) electrons. The van der Waals surface area contributed by atoms with Crippen LogP contribution in [0.4, 0.5) is 0 Å². The summed E-state index contributed by atoms with van der Waals surface area (Å²) in [5, 5.41) is 3.54. The smallest absolute Gasteiger partial charge is 0.0379 e. The third-order valence-corrected chi connectivity index (χ3v) is 3.14. The summed E-state index contributed by atoms with van der Waals surface area (Å²) in [6, 6.07) is 0. The van der Waals surface area contributed by atoms with E-state index in [4.69, 9.17) is 0 Å². The Kier molecular flexibility index (Phi) is 1.33. The van der Waals surface area contributed by atoms with Gasteiger partial charge in [-0.1, -0.05) is 20.4 Å². The van der Waals surface area contributed by atoms with Crippen molar-refractivity contribution in [2.75, 3.05) is 0 Å². The van der Waals surface area contributed by atoms with Gasteiger partial charge in [0.2, 0.25) is 0 Å². The van der Waals surface area contributed by atoms with E-state index < -0.39 is 0 Å². The Labute approximate surface area is 68.9 Å². The Morgan fingerprint density at radius 3 is 2.45 bits per heavy atom. The third-order valence-electron chi connectivity index (χ3n) is 3.14. The zero-order chi connectivity index (χ0) is 8.06. The molecular formula is C10H17N. The summed E-state index contributed by atoms with van der Waals surface area (Å²) in [4.78, 5) is 0. The summed E-state index contributed by atoms with van der Waals surface area (Å²) < 4.78 is 0. The highest BCUT2D eigenvalue weighted by molar-refractivity contribution is 5.21. The number of allylic oxidation sites excluding steroid dienone is 1. The molecule has 0 amide bonds. The van der Waals surface area contributed by atoms with E-state index >= 15 is 0 Å². The lowest BCUT2D eigenvalue weighted by Crippen LogP contribution is -2.20. The van der Waals surface area contributed by atoms with Crippen molar-refractivity contribution in [1.82, 2.24) is 5.32 Å². The van der Waals surface area contributed by atoms with Gasteiger partial charge in [-0.15, -0.1) is 0 Å². The fraction of sp³-hybridized carbons (Fsp3) is 0.800. The van der Waals surface area contributed by atoms with Crippen LogP contribution in [0.15, 0.2) is 12.3 Å². The Bertz CT molecular complexity index is 189. The monoisotopic (exact) mass is 151 g/mol. The maximum atomic E-state index is 4.08. The lowest BCUT2D eigenvalue weighted by atomic mass is 9.91. The van der Waals surface area contributed by atoms with Crippen molar-refractivity contribution in [1.29, 1.82) is 0 Å². The summed E-state index contributed by atoms with van der Waals surface area (Å²) in [7, 11) is 0. The number of hydrogen-bond donors (Lipinski definition) is 1. The summed E-state index contributed by atoms with van der Waals surface area (Å²) in [5.74, 6) is 1.49. The average Bonchev–Trinajstić information content (AvgIpc) is 2.54. The van der Waals surface area contributed by atoms with Crippen molar-refractivity contribution < 1.29 is 0 Å². The van der Waals surface area contributed by atoms with Gasteiger partial charge < -0.3 is 5.32 Å². The maximum Gasteiger partial charge on any atom is 0.0379 e. The molecule has 2 aliphatic rings. The van der Waals surface area contributed by atoms with Crippen LogP contribution in [0.1, 0.15) is 33.1 Å². The zero-order valence-corrected chi connectivity index (χ0v) is 7.48. The van der Waals surface area contributed by atoms with Gasteiger partial charge in [0, 0.05) is 17.2 Å². The number of rotatable bonds is 1. The summed E-state index contributed by atoms with van der Waals surface area (Å²) in [5.41, 5.74) is 1.81. The first-order chi connectivity index (χ1) is 5.13. The van der Waals surface area contributed by atoms with E-state index in [2.05, 4.69) is 25.7 Å². The van der Waals surface area contributed by atoms with Crippen LogP contribution in [-0.2, 0) is 0 Å². The summed E-state index contributed by atoms with van der Waals surface area (Å²) in [6.45, 7) is 8.66. The number of hydrogen-bond acceptors (Lipinski definition) is 1. The molecule has 1 heteroatoms. The molecule has 1 aliphatic carbocycles. The molecule has 1 saturated carbocycles. The van der Waals surface area contributed by atoms with E-state index in [1.54, 1.807) is 0 Å². The van der Waals surface area contributed by atoms with Crippen molar-refractivity contribution in [2.45, 2.75) is 38.6 Å². The highest BCUT2D eigenvalue weighted by Crippen LogP contribution is 2.49. The average molecular weight is 151 g/mol. The van der Waals surface area contributed by atoms with Crippen LogP contribution < -0.4 is 5.32 Å². The normalized spacial score (nSPS) is 33.0. The standard InChI is InChI=1S/C10H17N/c1-7(2)9-6-10(4-5-10)11-8(9)3/h7,9,11H,3-6H2,1-2H3. The van der Waals surface area contributed by atoms with Crippen molar-refractivity contribution >= 4 is 0 Å². The molecule has 11 heavy (non-hydrogen) atoms. The van der Waals surface area contributed by atoms with Crippen molar-refractivity contribution in [3.05, 3.63) is 12.3 Å². The van der Waals surface area contributed by atoms with Gasteiger partial charge in [-0.3, -0.25) is 0 Å². The molecule has 1 spiro atoms. The molecule has 0 aromatic heterocycles. The predicted octanol–water partition coefficient (Wildman–Crippen LogP) is 2.30. The Morgan fingerprint density at radius 2 is 2.18 bits per heavy atom. The minimum absolute atomic E-state index is 0.520. The van der Waals surface area contributed by atoms with Crippen molar-refractivity contribution in [2.24, 2.45) is 11.8 Å². The first-order valence-corrected chi connectivity index (χ1v) is 4.60. The zero-order valence-electron chi connectivity index (χ0n) is 7.48. The van der Waals surface area contributed by atoms with Crippen molar-refractivity contribution in [3.8, 4) is 0 Å². The molecule has 0 aromatic rings. The molecule has 1 aliphatic heterocycles. The molecule has 1 N–H and O–H groups in total. The maximum absolute atomic E-state index is 4.08. The van der Waals surface area contributed by atoms with E-state index in [1.165, 1.54) is 25.0 Å². The van der Waals surface area contributed by atoms with Gasteiger partial charge in [-0.05, 0) is 25.2 Å². The molecule has 0 bridgehead atoms. The summed E-state index contributed by atoms with van der Waals surface area (Å²) in [6.07, 6.45) is 4.08. The Hall–Kier alpha value is -0.460. The molecule has 1 atom stereocenters. The van der Waals surface area contributed by atoms with E-state index in [0.717, 1.165) is 11.8 Å².